The van der Waals surface area contributed by atoms with Crippen LogP contribution in [0.25, 0.3) is 0 Å². The molecule has 28 N–H and O–H groups in total. The fourth-order valence-electron chi connectivity index (χ4n) is 9.89. The van der Waals surface area contributed by atoms with Crippen molar-refractivity contribution in [2.75, 3.05) is 39.6 Å². The van der Waals surface area contributed by atoms with E-state index in [1.54, 1.807) is 0 Å². The molecule has 436 valence electrons. The molecule has 0 aromatic rings. The highest BCUT2D eigenvalue weighted by Gasteiger charge is 2.61. The highest BCUT2D eigenvalue weighted by atomic mass is 16.8. The Hall–Kier alpha value is -1.94. The minimum Gasteiger partial charge on any atom is -0.394 e. The lowest BCUT2D eigenvalue weighted by atomic mass is 9.79. The Balaban J connectivity index is 1.11. The van der Waals surface area contributed by atoms with Crippen LogP contribution >= 0.6 is 0 Å². The van der Waals surface area contributed by atoms with Crippen LogP contribution < -0.4 is 34.4 Å². The molecule has 4 unspecified atom stereocenters. The first-order chi connectivity index (χ1) is 35.3. The van der Waals surface area contributed by atoms with Gasteiger partial charge in [0.05, 0.1) is 75.9 Å². The third-order valence-corrected chi connectivity index (χ3v) is 14.7. The average Bonchev–Trinajstić information content (AvgIpc) is 3.40. The lowest BCUT2D eigenvalue weighted by Crippen LogP contribution is -2.73. The molecular weight excluding hydrogens is 1020 g/mol. The van der Waals surface area contributed by atoms with E-state index in [4.69, 9.17) is 81.8 Å². The Labute approximate surface area is 426 Å². The maximum atomic E-state index is 14.0. The molecule has 75 heavy (non-hydrogen) atoms. The molecule has 0 radical (unpaired) electrons. The van der Waals surface area contributed by atoms with Gasteiger partial charge < -0.3 is 163 Å². The van der Waals surface area contributed by atoms with E-state index >= 15 is 0 Å². The maximum Gasteiger partial charge on any atom is 0.180 e. The van der Waals surface area contributed by atoms with Crippen molar-refractivity contribution in [3.63, 3.8) is 0 Å². The lowest BCUT2D eigenvalue weighted by Gasteiger charge is -2.51. The van der Waals surface area contributed by atoms with Crippen LogP contribution in [-0.2, 0) is 57.0 Å². The summed E-state index contributed by atoms with van der Waals surface area (Å²) < 4.78 is 56.5. The second-order valence-electron chi connectivity index (χ2n) is 19.4. The van der Waals surface area contributed by atoms with Crippen molar-refractivity contribution < 1.29 is 139 Å². The normalized spacial score (nSPS) is 50.9. The highest BCUT2D eigenvalue weighted by molar-refractivity contribution is 5.91. The lowest BCUT2D eigenvalue weighted by molar-refractivity contribution is -0.355. The van der Waals surface area contributed by atoms with Crippen molar-refractivity contribution in [1.29, 1.82) is 0 Å². The first kappa shape index (κ1) is 62.3. The highest BCUT2D eigenvalue weighted by Crippen LogP contribution is 2.38. The summed E-state index contributed by atoms with van der Waals surface area (Å²) in [7, 11) is 0. The number of hydrogen-bond acceptors (Lipinski definition) is 34. The molecule has 0 amide bonds. The standard InChI is InChI=1S/C41H74N6O28/c42-16-22(56)28(10(4-48)66-34(16)64)70-36-18(44)24(58)30(12(6-50)68-36)72-38-20(46)26(60)32(62)40(8-52,74-38)14(54)2-1-3-15(55)41(9-53)33(63)27(61)21(47)39(75-41)73-31-13(7-51)69-37(19(45)25(31)59)71-29-11(5-49)67-35(65)17(43)23(29)57/h10-13,16-39,48-53,56-65H,1-9,42-47H2/t10-,11-,12-,13-,16-,17-,18-,19-,20-,21-,22-,23-,24-,25-,26-,27-,28?,29?,30?,31?,32+,33+,34-,35-,36+,37+,38+,39+,40+,41+/m1/s1. The summed E-state index contributed by atoms with van der Waals surface area (Å²) in [5.41, 5.74) is 30.7. The predicted molar refractivity (Wildman–Crippen MR) is 236 cm³/mol. The van der Waals surface area contributed by atoms with Crippen molar-refractivity contribution in [2.45, 2.75) is 202 Å². The van der Waals surface area contributed by atoms with Crippen molar-refractivity contribution in [3.8, 4) is 0 Å². The zero-order valence-corrected chi connectivity index (χ0v) is 40.0. The molecule has 30 atom stereocenters. The fraction of sp³-hybridized carbons (Fsp3) is 0.951. The molecule has 6 fully saturated rings. The first-order valence-corrected chi connectivity index (χ1v) is 24.0. The van der Waals surface area contributed by atoms with Gasteiger partial charge in [-0.05, 0) is 6.42 Å². The molecule has 6 rings (SSSR count). The Morgan fingerprint density at radius 3 is 0.947 bits per heavy atom. The SMILES string of the molecule is N[C@H]1[C@@H](OC2[C@@H](CO)O[C@@H](OC3[C@@H](CO)O[C@@H](O)[C@H](N)[C@H]3O)[C@H](N)[C@H]2O)O[C@@](CO)(C(=O)CCCC(=O)[C@]2(CO)O[C@H](OC3[C@@H](CO)O[C@@H](OC4[C@@H](CO)O[C@@H](O)[C@H](N)[C@H]4O)[C@H](N)[C@H]3O)[C@H](N)[C@@H](O)[C@@H]2O)[C@@H](O)[C@@H]1O. The topological polar surface area (TPSA) is 606 Å². The number of aliphatic hydroxyl groups excluding tert-OH is 16. The van der Waals surface area contributed by atoms with Crippen LogP contribution in [0.15, 0.2) is 0 Å². The fourth-order valence-corrected chi connectivity index (χ4v) is 9.89. The van der Waals surface area contributed by atoms with Gasteiger partial charge in [-0.2, -0.15) is 0 Å². The van der Waals surface area contributed by atoms with Gasteiger partial charge in [-0.1, -0.05) is 0 Å². The summed E-state index contributed by atoms with van der Waals surface area (Å²) in [5.74, 6) is -2.37. The minimum absolute atomic E-state index is 0.547. The van der Waals surface area contributed by atoms with Gasteiger partial charge in [0.15, 0.2) is 60.5 Å². The van der Waals surface area contributed by atoms with Gasteiger partial charge in [0, 0.05) is 12.8 Å². The minimum atomic E-state index is -2.78. The van der Waals surface area contributed by atoms with E-state index in [1.807, 2.05) is 0 Å². The molecule has 0 bridgehead atoms. The van der Waals surface area contributed by atoms with Gasteiger partial charge >= 0.3 is 0 Å². The van der Waals surface area contributed by atoms with Crippen LogP contribution in [0.3, 0.4) is 0 Å². The Bertz CT molecular complexity index is 1730. The monoisotopic (exact) mass is 1100 g/mol. The molecule has 0 aliphatic carbocycles. The quantitative estimate of drug-likeness (QED) is 0.0538. The summed E-state index contributed by atoms with van der Waals surface area (Å²) in [6.07, 6.45) is -41.1. The summed E-state index contributed by atoms with van der Waals surface area (Å²) in [6.45, 7) is -6.20. The second kappa shape index (κ2) is 25.7. The molecule has 6 saturated heterocycles. The van der Waals surface area contributed by atoms with E-state index in [0.29, 0.717) is 0 Å². The van der Waals surface area contributed by atoms with Gasteiger partial charge in [-0.25, -0.2) is 0 Å². The number of hydrogen-bond donors (Lipinski definition) is 22. The number of ketones is 2. The number of rotatable bonds is 20. The molecule has 0 saturated carbocycles. The van der Waals surface area contributed by atoms with E-state index in [0.717, 1.165) is 0 Å². The van der Waals surface area contributed by atoms with Crippen molar-refractivity contribution in [2.24, 2.45) is 34.4 Å². The van der Waals surface area contributed by atoms with Crippen LogP contribution in [0.2, 0.25) is 0 Å². The zero-order valence-electron chi connectivity index (χ0n) is 40.0. The molecule has 0 aromatic heterocycles. The third-order valence-electron chi connectivity index (χ3n) is 14.7. The average molecular weight is 1100 g/mol. The number of ether oxygens (including phenoxy) is 10. The van der Waals surface area contributed by atoms with Crippen molar-refractivity contribution >= 4 is 11.6 Å². The van der Waals surface area contributed by atoms with E-state index in [9.17, 15) is 91.3 Å². The van der Waals surface area contributed by atoms with Gasteiger partial charge in [-0.3, -0.25) is 9.59 Å². The largest absolute Gasteiger partial charge is 0.394 e. The Kier molecular flexibility index (Phi) is 21.3. The molecule has 0 spiro atoms. The zero-order chi connectivity index (χ0) is 55.8. The molecular formula is C41H74N6O28. The molecule has 6 aliphatic heterocycles. The van der Waals surface area contributed by atoms with E-state index in [-0.39, 0.29) is 0 Å². The summed E-state index contributed by atoms with van der Waals surface area (Å²) in [6, 6.07) is -9.55. The number of nitrogens with two attached hydrogens (primary N) is 6. The van der Waals surface area contributed by atoms with E-state index in [1.165, 1.54) is 0 Å². The smallest absolute Gasteiger partial charge is 0.180 e. The number of Topliss-reactive ketones (excluding diaryl/α,β-unsaturated/α-hetero) is 2. The van der Waals surface area contributed by atoms with E-state index in [2.05, 4.69) is 0 Å². The van der Waals surface area contributed by atoms with Crippen molar-refractivity contribution in [1.82, 2.24) is 0 Å². The molecule has 34 nitrogen and oxygen atoms in total. The number of carbonyl (C=O) groups excluding carboxylic acids is 2. The second-order valence-corrected chi connectivity index (χ2v) is 19.4. The molecule has 6 aliphatic rings. The van der Waals surface area contributed by atoms with Gasteiger partial charge in [0.25, 0.3) is 0 Å². The van der Waals surface area contributed by atoms with Crippen LogP contribution in [0.1, 0.15) is 19.3 Å². The van der Waals surface area contributed by atoms with Gasteiger partial charge in [-0.15, -0.1) is 0 Å². The molecule has 34 heteroatoms. The maximum absolute atomic E-state index is 14.0. The van der Waals surface area contributed by atoms with Crippen LogP contribution in [0.4, 0.5) is 0 Å². The summed E-state index contributed by atoms with van der Waals surface area (Å²) in [5, 5.41) is 170. The van der Waals surface area contributed by atoms with Crippen LogP contribution in [0.5, 0.6) is 0 Å². The molecule has 6 heterocycles. The Morgan fingerprint density at radius 2 is 0.653 bits per heavy atom. The first-order valence-electron chi connectivity index (χ1n) is 24.0. The van der Waals surface area contributed by atoms with Gasteiger partial charge in [0.1, 0.15) is 97.7 Å². The van der Waals surface area contributed by atoms with Crippen molar-refractivity contribution in [3.05, 3.63) is 0 Å². The van der Waals surface area contributed by atoms with Gasteiger partial charge in [0.2, 0.25) is 0 Å². The Morgan fingerprint density at radius 1 is 0.387 bits per heavy atom. The van der Waals surface area contributed by atoms with Crippen LogP contribution in [-0.4, -0.2) is 316 Å². The third kappa shape index (κ3) is 11.9. The predicted octanol–water partition coefficient (Wildman–Crippen LogP) is -15.3. The van der Waals surface area contributed by atoms with Crippen LogP contribution in [0, 0.1) is 0 Å². The number of carbonyl (C=O) groups is 2. The summed E-state index contributed by atoms with van der Waals surface area (Å²) >= 11 is 0. The summed E-state index contributed by atoms with van der Waals surface area (Å²) in [4.78, 5) is 28.0. The van der Waals surface area contributed by atoms with E-state index < -0.39 is 253 Å². The number of aliphatic hydroxyl groups is 16. The molecule has 0 aromatic carbocycles.